The monoisotopic (exact) mass is 181 g/mol. The molecule has 0 bridgehead atoms. The zero-order valence-corrected chi connectivity index (χ0v) is 6.52. The van der Waals surface area contributed by atoms with E-state index >= 15 is 0 Å². The maximum absolute atomic E-state index is 10.6. The van der Waals surface area contributed by atoms with Crippen molar-refractivity contribution in [2.45, 2.75) is 0 Å². The standard InChI is InChI=1S/C8H7NO4/c9-5-3-1-2-4(7(10)11)6(5)8(12)13/h1-3,6,9H,(H,10,11)(H,12,13). The Kier molecular flexibility index (Phi) is 2.27. The minimum Gasteiger partial charge on any atom is -0.480 e. The Morgan fingerprint density at radius 2 is 2.00 bits per heavy atom. The Morgan fingerprint density at radius 1 is 1.38 bits per heavy atom. The molecule has 1 rings (SSSR count). The molecule has 1 atom stereocenters. The zero-order chi connectivity index (χ0) is 10.0. The highest BCUT2D eigenvalue weighted by molar-refractivity contribution is 6.15. The SMILES string of the molecule is N=C1C=CC=C(C(=O)O)C1C(=O)O. The molecule has 0 aromatic heterocycles. The van der Waals surface area contributed by atoms with E-state index in [-0.39, 0.29) is 11.3 Å². The number of carboxylic acid groups (broad SMARTS) is 2. The van der Waals surface area contributed by atoms with Gasteiger partial charge in [0, 0.05) is 0 Å². The largest absolute Gasteiger partial charge is 0.480 e. The van der Waals surface area contributed by atoms with Crippen LogP contribution in [0.4, 0.5) is 0 Å². The van der Waals surface area contributed by atoms with E-state index < -0.39 is 17.9 Å². The quantitative estimate of drug-likeness (QED) is 0.570. The van der Waals surface area contributed by atoms with Crippen molar-refractivity contribution < 1.29 is 19.8 Å². The second-order valence-corrected chi connectivity index (χ2v) is 2.51. The van der Waals surface area contributed by atoms with Crippen LogP contribution >= 0.6 is 0 Å². The molecular formula is C8H7NO4. The predicted octanol–water partition coefficient (Wildman–Crippen LogP) is 0.288. The van der Waals surface area contributed by atoms with Gasteiger partial charge in [-0.25, -0.2) is 4.79 Å². The molecule has 0 fully saturated rings. The molecule has 5 heteroatoms. The van der Waals surface area contributed by atoms with Crippen LogP contribution in [0, 0.1) is 11.3 Å². The summed E-state index contributed by atoms with van der Waals surface area (Å²) in [6, 6.07) is 0. The van der Waals surface area contributed by atoms with Gasteiger partial charge in [-0.3, -0.25) is 4.79 Å². The van der Waals surface area contributed by atoms with Gasteiger partial charge >= 0.3 is 11.9 Å². The van der Waals surface area contributed by atoms with E-state index in [2.05, 4.69) is 0 Å². The molecule has 0 amide bonds. The van der Waals surface area contributed by atoms with Crippen molar-refractivity contribution in [2.24, 2.45) is 5.92 Å². The summed E-state index contributed by atoms with van der Waals surface area (Å²) in [7, 11) is 0. The Bertz CT molecular complexity index is 340. The number of hydrogen-bond donors (Lipinski definition) is 3. The van der Waals surface area contributed by atoms with Crippen LogP contribution in [-0.2, 0) is 9.59 Å². The normalized spacial score (nSPS) is 21.1. The molecule has 0 saturated heterocycles. The van der Waals surface area contributed by atoms with Crippen LogP contribution in [0.5, 0.6) is 0 Å². The maximum Gasteiger partial charge on any atom is 0.332 e. The van der Waals surface area contributed by atoms with E-state index in [1.54, 1.807) is 0 Å². The number of aliphatic carboxylic acids is 2. The molecule has 0 saturated carbocycles. The van der Waals surface area contributed by atoms with Crippen molar-refractivity contribution in [3.8, 4) is 0 Å². The predicted molar refractivity (Wildman–Crippen MR) is 43.7 cm³/mol. The number of rotatable bonds is 2. The minimum absolute atomic E-state index is 0.215. The molecular weight excluding hydrogens is 174 g/mol. The minimum atomic E-state index is -1.34. The summed E-state index contributed by atoms with van der Waals surface area (Å²) in [5, 5.41) is 24.5. The Hall–Kier alpha value is -1.91. The van der Waals surface area contributed by atoms with Gasteiger partial charge in [0.15, 0.2) is 0 Å². The van der Waals surface area contributed by atoms with Crippen molar-refractivity contribution in [3.63, 3.8) is 0 Å². The third-order valence-electron chi connectivity index (χ3n) is 1.67. The molecule has 5 nitrogen and oxygen atoms in total. The molecule has 1 aliphatic carbocycles. The first kappa shape index (κ1) is 9.18. The van der Waals surface area contributed by atoms with Gasteiger partial charge in [0.25, 0.3) is 0 Å². The van der Waals surface area contributed by atoms with Crippen LogP contribution in [-0.4, -0.2) is 27.9 Å². The van der Waals surface area contributed by atoms with E-state index in [1.165, 1.54) is 18.2 Å². The third-order valence-corrected chi connectivity index (χ3v) is 1.67. The van der Waals surface area contributed by atoms with Crippen LogP contribution < -0.4 is 0 Å². The highest BCUT2D eigenvalue weighted by Gasteiger charge is 2.31. The lowest BCUT2D eigenvalue weighted by molar-refractivity contribution is -0.141. The van der Waals surface area contributed by atoms with Crippen LogP contribution in [0.1, 0.15) is 0 Å². The van der Waals surface area contributed by atoms with Gasteiger partial charge in [0.1, 0.15) is 5.92 Å². The fourth-order valence-electron chi connectivity index (χ4n) is 1.08. The number of carbonyl (C=O) groups is 2. The summed E-state index contributed by atoms with van der Waals surface area (Å²) in [4.78, 5) is 21.2. The molecule has 0 aliphatic heterocycles. The molecule has 3 N–H and O–H groups in total. The molecule has 1 unspecified atom stereocenters. The zero-order valence-electron chi connectivity index (χ0n) is 6.52. The Labute approximate surface area is 73.5 Å². The summed E-state index contributed by atoms with van der Waals surface area (Å²) in [6.07, 6.45) is 3.82. The molecule has 0 spiro atoms. The maximum atomic E-state index is 10.6. The van der Waals surface area contributed by atoms with Crippen molar-refractivity contribution in [1.29, 1.82) is 5.41 Å². The average Bonchev–Trinajstić information content (AvgIpc) is 2.02. The second-order valence-electron chi connectivity index (χ2n) is 2.51. The second kappa shape index (κ2) is 3.22. The molecule has 0 aromatic carbocycles. The van der Waals surface area contributed by atoms with Gasteiger partial charge in [0.05, 0.1) is 11.3 Å². The lowest BCUT2D eigenvalue weighted by Gasteiger charge is -2.14. The Morgan fingerprint density at radius 3 is 2.38 bits per heavy atom. The van der Waals surface area contributed by atoms with E-state index in [4.69, 9.17) is 15.6 Å². The topological polar surface area (TPSA) is 98.5 Å². The van der Waals surface area contributed by atoms with Gasteiger partial charge in [-0.1, -0.05) is 12.2 Å². The van der Waals surface area contributed by atoms with Crippen LogP contribution in [0.3, 0.4) is 0 Å². The first-order valence-corrected chi connectivity index (χ1v) is 3.47. The number of hydrogen-bond acceptors (Lipinski definition) is 3. The van der Waals surface area contributed by atoms with Gasteiger partial charge in [-0.2, -0.15) is 0 Å². The summed E-state index contributed by atoms with van der Waals surface area (Å²) < 4.78 is 0. The van der Waals surface area contributed by atoms with E-state index in [1.807, 2.05) is 0 Å². The van der Waals surface area contributed by atoms with Crippen LogP contribution in [0.15, 0.2) is 23.8 Å². The lowest BCUT2D eigenvalue weighted by atomic mass is 9.90. The summed E-state index contributed by atoms with van der Waals surface area (Å²) in [5.74, 6) is -3.97. The highest BCUT2D eigenvalue weighted by atomic mass is 16.4. The van der Waals surface area contributed by atoms with Gasteiger partial charge in [-0.05, 0) is 6.08 Å². The lowest BCUT2D eigenvalue weighted by Crippen LogP contribution is -2.29. The summed E-state index contributed by atoms with van der Waals surface area (Å²) >= 11 is 0. The van der Waals surface area contributed by atoms with E-state index in [9.17, 15) is 9.59 Å². The number of allylic oxidation sites excluding steroid dienone is 3. The fourth-order valence-corrected chi connectivity index (χ4v) is 1.08. The molecule has 1 aliphatic rings. The van der Waals surface area contributed by atoms with Crippen molar-refractivity contribution in [1.82, 2.24) is 0 Å². The number of nitrogens with one attached hydrogen (secondary N) is 1. The average molecular weight is 181 g/mol. The van der Waals surface area contributed by atoms with E-state index in [0.717, 1.165) is 0 Å². The van der Waals surface area contributed by atoms with Crippen molar-refractivity contribution in [2.75, 3.05) is 0 Å². The van der Waals surface area contributed by atoms with Crippen molar-refractivity contribution in [3.05, 3.63) is 23.8 Å². The van der Waals surface area contributed by atoms with Gasteiger partial charge < -0.3 is 15.6 Å². The Balaban J connectivity index is 3.10. The molecule has 0 heterocycles. The highest BCUT2D eigenvalue weighted by Crippen LogP contribution is 2.18. The van der Waals surface area contributed by atoms with Crippen LogP contribution in [0.2, 0.25) is 0 Å². The first-order valence-electron chi connectivity index (χ1n) is 3.47. The van der Waals surface area contributed by atoms with Crippen molar-refractivity contribution >= 4 is 17.7 Å². The summed E-state index contributed by atoms with van der Waals surface area (Å²) in [6.45, 7) is 0. The first-order chi connectivity index (χ1) is 6.04. The molecule has 13 heavy (non-hydrogen) atoms. The summed E-state index contributed by atoms with van der Waals surface area (Å²) in [5.41, 5.74) is -0.493. The van der Waals surface area contributed by atoms with E-state index in [0.29, 0.717) is 0 Å². The molecule has 0 aromatic rings. The fraction of sp³-hybridized carbons (Fsp3) is 0.125. The molecule has 68 valence electrons. The third kappa shape index (κ3) is 1.64. The number of carboxylic acids is 2. The molecule has 0 radical (unpaired) electrons. The smallest absolute Gasteiger partial charge is 0.332 e. The van der Waals surface area contributed by atoms with Gasteiger partial charge in [-0.15, -0.1) is 0 Å². The van der Waals surface area contributed by atoms with Gasteiger partial charge in [0.2, 0.25) is 0 Å². The van der Waals surface area contributed by atoms with Crippen LogP contribution in [0.25, 0.3) is 0 Å².